The van der Waals surface area contributed by atoms with Crippen LogP contribution in [0, 0.1) is 0 Å². The van der Waals surface area contributed by atoms with Gasteiger partial charge in [-0.3, -0.25) is 4.57 Å². The van der Waals surface area contributed by atoms with E-state index >= 15 is 0 Å². The summed E-state index contributed by atoms with van der Waals surface area (Å²) in [5.41, 5.74) is -2.99. The summed E-state index contributed by atoms with van der Waals surface area (Å²) in [5, 5.41) is 32.3. The topological polar surface area (TPSA) is 109 Å². The molecular weight excluding hydrogens is 359 g/mol. The van der Waals surface area contributed by atoms with E-state index in [2.05, 4.69) is 9.68 Å². The SMILES string of the molecule is CCO[PH](=O)C(F)(F)C[C@@H](O)[C@@H](O)[C@@H](O)/C=N\OCc1ccccc1. The van der Waals surface area contributed by atoms with Gasteiger partial charge in [0.05, 0.1) is 18.9 Å². The first-order valence-electron chi connectivity index (χ1n) is 7.56. The second-order valence-corrected chi connectivity index (χ2v) is 6.79. The molecule has 1 aromatic rings. The molecule has 0 radical (unpaired) electrons. The molecule has 1 aromatic carbocycles. The molecular formula is C15H22F2NO6P. The minimum Gasteiger partial charge on any atom is -0.391 e. The number of rotatable bonds is 11. The third-order valence-corrected chi connectivity index (χ3v) is 4.50. The van der Waals surface area contributed by atoms with Crippen LogP contribution in [0.2, 0.25) is 0 Å². The molecule has 7 nitrogen and oxygen atoms in total. The fraction of sp³-hybridized carbons (Fsp3) is 0.533. The summed E-state index contributed by atoms with van der Waals surface area (Å²) >= 11 is 0. The lowest BCUT2D eigenvalue weighted by molar-refractivity contribution is -0.0690. The lowest BCUT2D eigenvalue weighted by atomic mass is 10.1. The molecule has 0 heterocycles. The summed E-state index contributed by atoms with van der Waals surface area (Å²) in [7, 11) is -3.72. The summed E-state index contributed by atoms with van der Waals surface area (Å²) in [6.07, 6.45) is -6.26. The number of alkyl halides is 2. The van der Waals surface area contributed by atoms with Gasteiger partial charge in [-0.15, -0.1) is 0 Å². The van der Waals surface area contributed by atoms with Gasteiger partial charge in [0, 0.05) is 6.42 Å². The Morgan fingerprint density at radius 2 is 1.92 bits per heavy atom. The zero-order chi connectivity index (χ0) is 18.9. The van der Waals surface area contributed by atoms with Crippen LogP contribution >= 0.6 is 8.03 Å². The number of aliphatic hydroxyl groups is 3. The van der Waals surface area contributed by atoms with E-state index in [-0.39, 0.29) is 13.2 Å². The first-order valence-corrected chi connectivity index (χ1v) is 8.88. The maximum atomic E-state index is 13.6. The van der Waals surface area contributed by atoms with Crippen molar-refractivity contribution >= 4 is 14.2 Å². The maximum absolute atomic E-state index is 13.6. The number of aliphatic hydroxyl groups excluding tert-OH is 3. The first-order chi connectivity index (χ1) is 11.8. The Labute approximate surface area is 144 Å². The maximum Gasteiger partial charge on any atom is 0.321 e. The number of nitrogens with zero attached hydrogens (tertiary/aromatic N) is 1. The molecule has 0 aliphatic rings. The van der Waals surface area contributed by atoms with E-state index in [1.54, 1.807) is 24.3 Å². The Hall–Kier alpha value is -1.38. The average Bonchev–Trinajstić information content (AvgIpc) is 2.58. The molecule has 0 fully saturated rings. The largest absolute Gasteiger partial charge is 0.391 e. The molecule has 0 amide bonds. The van der Waals surface area contributed by atoms with Crippen LogP contribution in [0.25, 0.3) is 0 Å². The standard InChI is InChI=1S/C15H22F2NO6P/c1-2-24-25(22)15(16,17)8-12(19)14(21)13(20)9-18-23-10-11-6-4-3-5-7-11/h3-7,9,12-14,19-21,25H,2,8,10H2,1H3/b18-9-/t12-,13+,14-/m1/s1. The van der Waals surface area contributed by atoms with Gasteiger partial charge in [0.25, 0.3) is 8.03 Å². The molecule has 0 aliphatic heterocycles. The van der Waals surface area contributed by atoms with Crippen LogP contribution in [0.5, 0.6) is 0 Å². The van der Waals surface area contributed by atoms with Crippen LogP contribution in [0.4, 0.5) is 8.78 Å². The van der Waals surface area contributed by atoms with Gasteiger partial charge in [0.1, 0.15) is 18.8 Å². The van der Waals surface area contributed by atoms with Gasteiger partial charge >= 0.3 is 5.66 Å². The lowest BCUT2D eigenvalue weighted by Crippen LogP contribution is -2.41. The molecule has 142 valence electrons. The predicted octanol–water partition coefficient (Wildman–Crippen LogP) is 1.77. The number of hydrogen-bond acceptors (Lipinski definition) is 7. The molecule has 0 bridgehead atoms. The Morgan fingerprint density at radius 1 is 1.28 bits per heavy atom. The van der Waals surface area contributed by atoms with E-state index in [1.807, 2.05) is 6.07 Å². The van der Waals surface area contributed by atoms with Crippen molar-refractivity contribution in [1.29, 1.82) is 0 Å². The minimum atomic E-state index is -3.80. The van der Waals surface area contributed by atoms with Crippen LogP contribution in [-0.2, 0) is 20.5 Å². The van der Waals surface area contributed by atoms with Gasteiger partial charge in [-0.1, -0.05) is 35.5 Å². The normalized spacial score (nSPS) is 17.2. The number of halogens is 2. The van der Waals surface area contributed by atoms with Crippen LogP contribution in [0.15, 0.2) is 35.5 Å². The van der Waals surface area contributed by atoms with Crippen LogP contribution in [0.3, 0.4) is 0 Å². The van der Waals surface area contributed by atoms with Gasteiger partial charge in [0.2, 0.25) is 0 Å². The summed E-state index contributed by atoms with van der Waals surface area (Å²) in [4.78, 5) is 4.89. The van der Waals surface area contributed by atoms with Crippen LogP contribution < -0.4 is 0 Å². The Balaban J connectivity index is 2.47. The smallest absolute Gasteiger partial charge is 0.321 e. The Kier molecular flexibility index (Phi) is 9.16. The second-order valence-electron chi connectivity index (χ2n) is 5.19. The van der Waals surface area contributed by atoms with E-state index in [0.29, 0.717) is 0 Å². The highest BCUT2D eigenvalue weighted by Gasteiger charge is 2.42. The fourth-order valence-electron chi connectivity index (χ4n) is 1.81. The number of benzene rings is 1. The molecule has 0 aliphatic carbocycles. The highest BCUT2D eigenvalue weighted by Crippen LogP contribution is 2.46. The Bertz CT molecular complexity index is 560. The zero-order valence-corrected chi connectivity index (χ0v) is 14.6. The van der Waals surface area contributed by atoms with Gasteiger partial charge in [-0.25, -0.2) is 0 Å². The minimum absolute atomic E-state index is 0.108. The molecule has 1 unspecified atom stereocenters. The molecule has 10 heteroatoms. The van der Waals surface area contributed by atoms with Gasteiger partial charge in [-0.05, 0) is 12.5 Å². The van der Waals surface area contributed by atoms with Crippen molar-refractivity contribution in [1.82, 2.24) is 0 Å². The van der Waals surface area contributed by atoms with Crippen molar-refractivity contribution in [3.8, 4) is 0 Å². The monoisotopic (exact) mass is 381 g/mol. The van der Waals surface area contributed by atoms with Crippen molar-refractivity contribution in [2.24, 2.45) is 5.16 Å². The third-order valence-electron chi connectivity index (χ3n) is 3.15. The summed E-state index contributed by atoms with van der Waals surface area (Å²) in [6.45, 7) is 1.34. The van der Waals surface area contributed by atoms with Crippen molar-refractivity contribution in [2.75, 3.05) is 6.61 Å². The zero-order valence-electron chi connectivity index (χ0n) is 13.6. The van der Waals surface area contributed by atoms with Crippen molar-refractivity contribution in [2.45, 2.75) is 43.9 Å². The average molecular weight is 381 g/mol. The van der Waals surface area contributed by atoms with E-state index < -0.39 is 38.4 Å². The molecule has 0 spiro atoms. The van der Waals surface area contributed by atoms with Crippen LogP contribution in [0.1, 0.15) is 18.9 Å². The summed E-state index contributed by atoms with van der Waals surface area (Å²) < 4.78 is 42.8. The van der Waals surface area contributed by atoms with Crippen molar-refractivity contribution in [3.63, 3.8) is 0 Å². The first kappa shape index (κ1) is 21.7. The van der Waals surface area contributed by atoms with Gasteiger partial charge < -0.3 is 24.7 Å². The summed E-state index contributed by atoms with van der Waals surface area (Å²) in [6, 6.07) is 8.99. The van der Waals surface area contributed by atoms with E-state index in [0.717, 1.165) is 11.8 Å². The molecule has 0 saturated carbocycles. The second kappa shape index (κ2) is 10.6. The highest BCUT2D eigenvalue weighted by molar-refractivity contribution is 7.40. The van der Waals surface area contributed by atoms with Gasteiger partial charge in [0.15, 0.2) is 0 Å². The molecule has 1 rings (SSSR count). The number of hydrogen-bond donors (Lipinski definition) is 3. The Morgan fingerprint density at radius 3 is 2.52 bits per heavy atom. The van der Waals surface area contributed by atoms with E-state index in [1.165, 1.54) is 6.92 Å². The third kappa shape index (κ3) is 7.58. The predicted molar refractivity (Wildman–Crippen MR) is 87.9 cm³/mol. The van der Waals surface area contributed by atoms with E-state index in [4.69, 9.17) is 4.84 Å². The molecule has 0 saturated heterocycles. The fourth-order valence-corrected chi connectivity index (χ4v) is 2.66. The van der Waals surface area contributed by atoms with Crippen LogP contribution in [-0.4, -0.2) is 52.1 Å². The highest BCUT2D eigenvalue weighted by atomic mass is 31.1. The van der Waals surface area contributed by atoms with Gasteiger partial charge in [-0.2, -0.15) is 8.78 Å². The molecule has 3 N–H and O–H groups in total. The molecule has 0 aromatic heterocycles. The lowest BCUT2D eigenvalue weighted by Gasteiger charge is -2.24. The number of oxime groups is 1. The van der Waals surface area contributed by atoms with E-state index in [9.17, 15) is 28.7 Å². The van der Waals surface area contributed by atoms with Crippen molar-refractivity contribution < 1.29 is 38.0 Å². The quantitative estimate of drug-likeness (QED) is 0.306. The van der Waals surface area contributed by atoms with Crippen molar-refractivity contribution in [3.05, 3.63) is 35.9 Å². The molecule has 4 atom stereocenters. The molecule has 25 heavy (non-hydrogen) atoms. The summed E-state index contributed by atoms with van der Waals surface area (Å²) in [5.74, 6) is 0.